The van der Waals surface area contributed by atoms with Gasteiger partial charge in [-0.2, -0.15) is 5.10 Å². The first-order valence-corrected chi connectivity index (χ1v) is 7.28. The van der Waals surface area contributed by atoms with Crippen LogP contribution in [0.1, 0.15) is 49.9 Å². The first kappa shape index (κ1) is 15.2. The van der Waals surface area contributed by atoms with E-state index in [1.807, 2.05) is 0 Å². The molecule has 21 heavy (non-hydrogen) atoms. The lowest BCUT2D eigenvalue weighted by Gasteiger charge is -2.18. The monoisotopic (exact) mass is 287 g/mol. The average Bonchev–Trinajstić information content (AvgIpc) is 2.45. The molecule has 0 spiro atoms. The van der Waals surface area contributed by atoms with Crippen molar-refractivity contribution in [3.8, 4) is 0 Å². The highest BCUT2D eigenvalue weighted by Crippen LogP contribution is 2.21. The molecule has 1 aliphatic rings. The van der Waals surface area contributed by atoms with Crippen LogP contribution in [0.3, 0.4) is 0 Å². The zero-order valence-corrected chi connectivity index (χ0v) is 12.5. The Kier molecular flexibility index (Phi) is 5.09. The van der Waals surface area contributed by atoms with E-state index in [2.05, 4.69) is 22.8 Å². The fraction of sp³-hybridized carbons (Fsp3) is 0.438. The molecule has 1 fully saturated rings. The Morgan fingerprint density at radius 1 is 1.24 bits per heavy atom. The number of carbonyl (C=O) groups is 2. The highest BCUT2D eigenvalue weighted by molar-refractivity contribution is 5.96. The molecule has 1 aromatic carbocycles. The maximum atomic E-state index is 12.0. The summed E-state index contributed by atoms with van der Waals surface area (Å²) in [5.41, 5.74) is 4.88. The number of rotatable bonds is 3. The molecule has 1 aliphatic carbocycles. The van der Waals surface area contributed by atoms with Crippen LogP contribution in [0.4, 0.5) is 5.69 Å². The van der Waals surface area contributed by atoms with E-state index < -0.39 is 0 Å². The number of amides is 2. The van der Waals surface area contributed by atoms with Crippen molar-refractivity contribution in [3.05, 3.63) is 29.8 Å². The van der Waals surface area contributed by atoms with Gasteiger partial charge in [-0.15, -0.1) is 0 Å². The minimum atomic E-state index is -0.227. The minimum absolute atomic E-state index is 0.134. The second-order valence-electron chi connectivity index (χ2n) is 5.58. The third-order valence-corrected chi connectivity index (χ3v) is 3.53. The number of benzene rings is 1. The van der Waals surface area contributed by atoms with E-state index in [9.17, 15) is 9.59 Å². The zero-order chi connectivity index (χ0) is 15.2. The molecule has 2 rings (SSSR count). The molecule has 1 aromatic rings. The van der Waals surface area contributed by atoms with Gasteiger partial charge in [0, 0.05) is 23.9 Å². The second kappa shape index (κ2) is 7.02. The Morgan fingerprint density at radius 2 is 1.95 bits per heavy atom. The maximum Gasteiger partial charge on any atom is 0.271 e. The van der Waals surface area contributed by atoms with Crippen LogP contribution in [0.5, 0.6) is 0 Å². The van der Waals surface area contributed by atoms with E-state index in [4.69, 9.17) is 0 Å². The third-order valence-electron chi connectivity index (χ3n) is 3.53. The SMILES string of the molecule is CC(=O)Nc1ccc(C(=O)N/N=C2\CCCC(C)C2)cc1. The maximum absolute atomic E-state index is 12.0. The Labute approximate surface area is 124 Å². The van der Waals surface area contributed by atoms with E-state index in [1.165, 1.54) is 13.3 Å². The first-order valence-electron chi connectivity index (χ1n) is 7.28. The molecule has 0 radical (unpaired) electrons. The minimum Gasteiger partial charge on any atom is -0.326 e. The van der Waals surface area contributed by atoms with Crippen molar-refractivity contribution in [2.45, 2.75) is 39.5 Å². The highest BCUT2D eigenvalue weighted by Gasteiger charge is 2.14. The smallest absolute Gasteiger partial charge is 0.271 e. The topological polar surface area (TPSA) is 70.6 Å². The van der Waals surface area contributed by atoms with Crippen LogP contribution >= 0.6 is 0 Å². The van der Waals surface area contributed by atoms with Crippen LogP contribution in [-0.4, -0.2) is 17.5 Å². The van der Waals surface area contributed by atoms with Crippen LogP contribution in [-0.2, 0) is 4.79 Å². The lowest BCUT2D eigenvalue weighted by atomic mass is 9.89. The van der Waals surface area contributed by atoms with Gasteiger partial charge in [0.25, 0.3) is 5.91 Å². The van der Waals surface area contributed by atoms with Gasteiger partial charge in [0.15, 0.2) is 0 Å². The van der Waals surface area contributed by atoms with Crippen molar-refractivity contribution in [3.63, 3.8) is 0 Å². The number of hydrogen-bond acceptors (Lipinski definition) is 3. The summed E-state index contributed by atoms with van der Waals surface area (Å²) < 4.78 is 0. The molecule has 0 aliphatic heterocycles. The van der Waals surface area contributed by atoms with Crippen molar-refractivity contribution in [1.29, 1.82) is 0 Å². The summed E-state index contributed by atoms with van der Waals surface area (Å²) in [6.07, 6.45) is 4.30. The lowest BCUT2D eigenvalue weighted by Crippen LogP contribution is -2.22. The molecule has 5 heteroatoms. The van der Waals surface area contributed by atoms with Crippen LogP contribution in [0.15, 0.2) is 29.4 Å². The number of carbonyl (C=O) groups excluding carboxylic acids is 2. The normalized spacial score (nSPS) is 20.1. The summed E-state index contributed by atoms with van der Waals surface area (Å²) in [6.45, 7) is 3.65. The molecule has 2 amide bonds. The molecular formula is C16H21N3O2. The molecule has 0 saturated heterocycles. The summed E-state index contributed by atoms with van der Waals surface area (Å²) in [5, 5.41) is 6.89. The predicted molar refractivity (Wildman–Crippen MR) is 83.3 cm³/mol. The summed E-state index contributed by atoms with van der Waals surface area (Å²) >= 11 is 0. The molecule has 0 aromatic heterocycles. The molecule has 1 atom stereocenters. The van der Waals surface area contributed by atoms with Crippen molar-refractivity contribution in [2.24, 2.45) is 11.0 Å². The molecule has 112 valence electrons. The van der Waals surface area contributed by atoms with Crippen LogP contribution in [0, 0.1) is 5.92 Å². The number of nitrogens with one attached hydrogen (secondary N) is 2. The molecule has 0 heterocycles. The van der Waals surface area contributed by atoms with Crippen molar-refractivity contribution in [1.82, 2.24) is 5.43 Å². The van der Waals surface area contributed by atoms with Gasteiger partial charge in [0.1, 0.15) is 0 Å². The second-order valence-corrected chi connectivity index (χ2v) is 5.58. The van der Waals surface area contributed by atoms with E-state index in [0.29, 0.717) is 17.2 Å². The largest absolute Gasteiger partial charge is 0.326 e. The van der Waals surface area contributed by atoms with Crippen molar-refractivity contribution >= 4 is 23.2 Å². The van der Waals surface area contributed by atoms with Gasteiger partial charge in [-0.05, 0) is 55.9 Å². The number of anilines is 1. The fourth-order valence-electron chi connectivity index (χ4n) is 2.47. The fourth-order valence-corrected chi connectivity index (χ4v) is 2.47. The van der Waals surface area contributed by atoms with Crippen LogP contribution in [0.25, 0.3) is 0 Å². The summed E-state index contributed by atoms with van der Waals surface area (Å²) in [4.78, 5) is 22.9. The van der Waals surface area contributed by atoms with Crippen LogP contribution in [0.2, 0.25) is 0 Å². The Bertz CT molecular complexity index is 549. The van der Waals surface area contributed by atoms with Gasteiger partial charge in [-0.3, -0.25) is 9.59 Å². The van der Waals surface area contributed by atoms with E-state index >= 15 is 0 Å². The first-order chi connectivity index (χ1) is 10.0. The summed E-state index contributed by atoms with van der Waals surface area (Å²) in [5.74, 6) is 0.284. The molecular weight excluding hydrogens is 266 g/mol. The Balaban J connectivity index is 1.93. The molecule has 1 saturated carbocycles. The van der Waals surface area contributed by atoms with Crippen molar-refractivity contribution in [2.75, 3.05) is 5.32 Å². The van der Waals surface area contributed by atoms with Gasteiger partial charge < -0.3 is 5.32 Å². The van der Waals surface area contributed by atoms with E-state index in [0.717, 1.165) is 25.0 Å². The molecule has 2 N–H and O–H groups in total. The van der Waals surface area contributed by atoms with Gasteiger partial charge in [-0.25, -0.2) is 5.43 Å². The Hall–Kier alpha value is -2.17. The summed E-state index contributed by atoms with van der Waals surface area (Å²) in [6, 6.07) is 6.74. The quantitative estimate of drug-likeness (QED) is 0.839. The molecule has 5 nitrogen and oxygen atoms in total. The van der Waals surface area contributed by atoms with E-state index in [-0.39, 0.29) is 11.8 Å². The standard InChI is InChI=1S/C16H21N3O2/c1-11-4-3-5-15(10-11)18-19-16(21)13-6-8-14(9-7-13)17-12(2)20/h6-9,11H,3-5,10H2,1-2H3,(H,17,20)(H,19,21)/b18-15+. The third kappa shape index (κ3) is 4.70. The van der Waals surface area contributed by atoms with E-state index in [1.54, 1.807) is 24.3 Å². The molecule has 0 bridgehead atoms. The number of hydrazone groups is 1. The van der Waals surface area contributed by atoms with Crippen LogP contribution < -0.4 is 10.7 Å². The zero-order valence-electron chi connectivity index (χ0n) is 12.5. The van der Waals surface area contributed by atoms with Gasteiger partial charge in [0.2, 0.25) is 5.91 Å². The van der Waals surface area contributed by atoms with Gasteiger partial charge in [0.05, 0.1) is 0 Å². The predicted octanol–water partition coefficient (Wildman–Crippen LogP) is 2.94. The van der Waals surface area contributed by atoms with Gasteiger partial charge in [-0.1, -0.05) is 6.92 Å². The average molecular weight is 287 g/mol. The number of hydrogen-bond donors (Lipinski definition) is 2. The molecule has 1 unspecified atom stereocenters. The highest BCUT2D eigenvalue weighted by atomic mass is 16.2. The van der Waals surface area contributed by atoms with Gasteiger partial charge >= 0.3 is 0 Å². The van der Waals surface area contributed by atoms with Crippen molar-refractivity contribution < 1.29 is 9.59 Å². The Morgan fingerprint density at radius 3 is 2.57 bits per heavy atom. The summed E-state index contributed by atoms with van der Waals surface area (Å²) in [7, 11) is 0. The number of nitrogens with zero attached hydrogens (tertiary/aromatic N) is 1. The lowest BCUT2D eigenvalue weighted by molar-refractivity contribution is -0.114.